The highest BCUT2D eigenvalue weighted by molar-refractivity contribution is 6.30. The smallest absolute Gasteiger partial charge is 0.338 e. The third kappa shape index (κ3) is 3.35. The van der Waals surface area contributed by atoms with Gasteiger partial charge in [-0.1, -0.05) is 17.7 Å². The molecule has 2 saturated carbocycles. The highest BCUT2D eigenvalue weighted by Gasteiger charge is 2.61. The molecule has 0 aromatic heterocycles. The summed E-state index contributed by atoms with van der Waals surface area (Å²) < 4.78 is 5.15. The van der Waals surface area contributed by atoms with Crippen molar-refractivity contribution in [3.8, 4) is 0 Å². The van der Waals surface area contributed by atoms with Gasteiger partial charge in [0.2, 0.25) is 11.8 Å². The van der Waals surface area contributed by atoms with Crippen LogP contribution in [0.3, 0.4) is 0 Å². The lowest BCUT2D eigenvalue weighted by atomic mass is 9.81. The van der Waals surface area contributed by atoms with Gasteiger partial charge >= 0.3 is 5.97 Å². The Morgan fingerprint density at radius 1 is 0.935 bits per heavy atom. The van der Waals surface area contributed by atoms with Gasteiger partial charge in [0.05, 0.1) is 23.1 Å². The number of amides is 2. The number of imide groups is 1. The number of anilines is 1. The number of carbonyl (C=O) groups excluding carboxylic acids is 4. The van der Waals surface area contributed by atoms with Crippen molar-refractivity contribution in [1.29, 1.82) is 0 Å². The van der Waals surface area contributed by atoms with E-state index in [2.05, 4.69) is 0 Å². The zero-order chi connectivity index (χ0) is 21.7. The van der Waals surface area contributed by atoms with E-state index < -0.39 is 12.6 Å². The average molecular weight is 438 g/mol. The molecule has 2 aliphatic carbocycles. The highest BCUT2D eigenvalue weighted by atomic mass is 35.5. The summed E-state index contributed by atoms with van der Waals surface area (Å²) in [5, 5.41) is 0.508. The number of hydrogen-bond acceptors (Lipinski definition) is 5. The number of carbonyl (C=O) groups is 4. The van der Waals surface area contributed by atoms with Crippen LogP contribution in [0.15, 0.2) is 48.5 Å². The molecule has 5 rings (SSSR count). The Bertz CT molecular complexity index is 1070. The second-order valence-electron chi connectivity index (χ2n) is 8.45. The maximum Gasteiger partial charge on any atom is 0.338 e. The predicted octanol–water partition coefficient (Wildman–Crippen LogP) is 3.92. The first-order valence-corrected chi connectivity index (χ1v) is 10.8. The minimum atomic E-state index is -0.691. The number of nitrogens with zero attached hydrogens (tertiary/aromatic N) is 1. The number of ether oxygens (including phenoxy) is 1. The van der Waals surface area contributed by atoms with Crippen LogP contribution in [0.25, 0.3) is 0 Å². The molecule has 2 amide bonds. The molecule has 0 radical (unpaired) electrons. The maximum atomic E-state index is 13.0. The largest absolute Gasteiger partial charge is 0.454 e. The van der Waals surface area contributed by atoms with E-state index in [1.807, 2.05) is 0 Å². The number of halogens is 1. The summed E-state index contributed by atoms with van der Waals surface area (Å²) in [7, 11) is 0. The molecular weight excluding hydrogens is 418 g/mol. The highest BCUT2D eigenvalue weighted by Crippen LogP contribution is 2.56. The predicted molar refractivity (Wildman–Crippen MR) is 113 cm³/mol. The Hall–Kier alpha value is -2.99. The van der Waals surface area contributed by atoms with Crippen LogP contribution in [-0.2, 0) is 14.3 Å². The van der Waals surface area contributed by atoms with E-state index in [9.17, 15) is 19.2 Å². The van der Waals surface area contributed by atoms with Crippen LogP contribution in [-0.4, -0.2) is 30.2 Å². The number of rotatable bonds is 5. The number of esters is 1. The normalized spacial score (nSPS) is 26.3. The van der Waals surface area contributed by atoms with Crippen molar-refractivity contribution in [2.24, 2.45) is 23.7 Å². The van der Waals surface area contributed by atoms with Gasteiger partial charge < -0.3 is 4.74 Å². The standard InChI is InChI=1S/C24H20ClNO5/c25-17-8-6-13(7-9-17)19(27)12-31-24(30)16-2-1-3-18(11-16)26-22(28)20-14-4-5-15(10-14)21(20)23(26)29/h1-3,6-9,11,14-15,20-21H,4-5,10,12H2/t14-,15-,20+,21+/m0/s1. The molecule has 2 aromatic rings. The first-order valence-electron chi connectivity index (χ1n) is 10.4. The quantitative estimate of drug-likeness (QED) is 0.402. The summed E-state index contributed by atoms with van der Waals surface area (Å²) in [5.74, 6) is -1.22. The molecule has 0 unspecified atom stereocenters. The molecule has 0 spiro atoms. The molecule has 3 aliphatic rings. The third-order valence-electron chi connectivity index (χ3n) is 6.77. The summed E-state index contributed by atoms with van der Waals surface area (Å²) in [5.41, 5.74) is 0.949. The van der Waals surface area contributed by atoms with E-state index >= 15 is 0 Å². The van der Waals surface area contributed by atoms with Gasteiger partial charge in [0.15, 0.2) is 12.4 Å². The van der Waals surface area contributed by atoms with Crippen LogP contribution in [0.2, 0.25) is 5.02 Å². The minimum absolute atomic E-state index is 0.161. The van der Waals surface area contributed by atoms with Crippen LogP contribution < -0.4 is 4.90 Å². The molecule has 1 heterocycles. The Kier molecular flexibility index (Phi) is 4.89. The lowest BCUT2D eigenvalue weighted by Crippen LogP contribution is -2.32. The monoisotopic (exact) mass is 437 g/mol. The topological polar surface area (TPSA) is 80.8 Å². The third-order valence-corrected chi connectivity index (χ3v) is 7.02. The van der Waals surface area contributed by atoms with Gasteiger partial charge in [-0.3, -0.25) is 19.3 Å². The molecular formula is C24H20ClNO5. The molecule has 0 N–H and O–H groups in total. The van der Waals surface area contributed by atoms with Crippen LogP contribution >= 0.6 is 11.6 Å². The zero-order valence-corrected chi connectivity index (χ0v) is 17.4. The van der Waals surface area contributed by atoms with Gasteiger partial charge in [0.25, 0.3) is 0 Å². The summed E-state index contributed by atoms with van der Waals surface area (Å²) in [6.45, 7) is -0.417. The molecule has 2 aromatic carbocycles. The van der Waals surface area contributed by atoms with Crippen molar-refractivity contribution in [3.63, 3.8) is 0 Å². The van der Waals surface area contributed by atoms with Crippen molar-refractivity contribution in [3.05, 3.63) is 64.7 Å². The Balaban J connectivity index is 1.29. The maximum absolute atomic E-state index is 13.0. The van der Waals surface area contributed by atoms with E-state index in [0.29, 0.717) is 28.1 Å². The van der Waals surface area contributed by atoms with Gasteiger partial charge in [-0.15, -0.1) is 0 Å². The van der Waals surface area contributed by atoms with E-state index in [0.717, 1.165) is 19.3 Å². The van der Waals surface area contributed by atoms with Gasteiger partial charge in [0, 0.05) is 10.6 Å². The van der Waals surface area contributed by atoms with E-state index in [1.54, 1.807) is 36.4 Å². The first kappa shape index (κ1) is 19.9. The Labute approximate surface area is 184 Å². The minimum Gasteiger partial charge on any atom is -0.454 e. The van der Waals surface area contributed by atoms with Crippen molar-refractivity contribution < 1.29 is 23.9 Å². The van der Waals surface area contributed by atoms with Gasteiger partial charge in [0.1, 0.15) is 0 Å². The van der Waals surface area contributed by atoms with Crippen LogP contribution in [0.5, 0.6) is 0 Å². The van der Waals surface area contributed by atoms with Crippen LogP contribution in [0, 0.1) is 23.7 Å². The van der Waals surface area contributed by atoms with Crippen molar-refractivity contribution in [2.45, 2.75) is 19.3 Å². The number of fused-ring (bicyclic) bond motifs is 5. The van der Waals surface area contributed by atoms with Gasteiger partial charge in [-0.2, -0.15) is 0 Å². The van der Waals surface area contributed by atoms with Crippen LogP contribution in [0.1, 0.15) is 40.0 Å². The summed E-state index contributed by atoms with van der Waals surface area (Å²) >= 11 is 5.81. The second-order valence-corrected chi connectivity index (χ2v) is 8.89. The fourth-order valence-corrected chi connectivity index (χ4v) is 5.49. The fraction of sp³-hybridized carbons (Fsp3) is 0.333. The van der Waals surface area contributed by atoms with E-state index in [-0.39, 0.29) is 35.0 Å². The fourth-order valence-electron chi connectivity index (χ4n) is 5.37. The summed E-state index contributed by atoms with van der Waals surface area (Å²) in [6.07, 6.45) is 2.98. The van der Waals surface area contributed by atoms with Crippen molar-refractivity contribution >= 4 is 40.9 Å². The van der Waals surface area contributed by atoms with Crippen molar-refractivity contribution in [2.75, 3.05) is 11.5 Å². The summed E-state index contributed by atoms with van der Waals surface area (Å²) in [6, 6.07) is 12.6. The van der Waals surface area contributed by atoms with E-state index in [1.165, 1.54) is 17.0 Å². The second kappa shape index (κ2) is 7.61. The Morgan fingerprint density at radius 3 is 2.23 bits per heavy atom. The van der Waals surface area contributed by atoms with E-state index in [4.69, 9.17) is 16.3 Å². The molecule has 2 bridgehead atoms. The lowest BCUT2D eigenvalue weighted by molar-refractivity contribution is -0.123. The number of Topliss-reactive ketones (excluding diaryl/α,β-unsaturated/α-hetero) is 1. The molecule has 31 heavy (non-hydrogen) atoms. The summed E-state index contributed by atoms with van der Waals surface area (Å²) in [4.78, 5) is 51.9. The van der Waals surface area contributed by atoms with Gasteiger partial charge in [-0.05, 0) is 73.6 Å². The molecule has 1 aliphatic heterocycles. The molecule has 3 fully saturated rings. The molecule has 6 nitrogen and oxygen atoms in total. The SMILES string of the molecule is O=C(COC(=O)c1cccc(N2C(=O)[C@@H]3[C@H]4CC[C@@H](C4)[C@H]3C2=O)c1)c1ccc(Cl)cc1. The number of ketones is 1. The Morgan fingerprint density at radius 2 is 1.58 bits per heavy atom. The average Bonchev–Trinajstić information content (AvgIpc) is 3.46. The molecule has 4 atom stereocenters. The number of benzene rings is 2. The molecule has 7 heteroatoms. The number of hydrogen-bond donors (Lipinski definition) is 0. The molecule has 158 valence electrons. The van der Waals surface area contributed by atoms with Crippen molar-refractivity contribution in [1.82, 2.24) is 0 Å². The van der Waals surface area contributed by atoms with Gasteiger partial charge in [-0.25, -0.2) is 4.79 Å². The first-order chi connectivity index (χ1) is 14.9. The lowest BCUT2D eigenvalue weighted by Gasteiger charge is -2.19. The zero-order valence-electron chi connectivity index (χ0n) is 16.6. The molecule has 1 saturated heterocycles. The van der Waals surface area contributed by atoms with Crippen LogP contribution in [0.4, 0.5) is 5.69 Å².